The van der Waals surface area contributed by atoms with Crippen LogP contribution in [-0.2, 0) is 4.74 Å². The lowest BCUT2D eigenvalue weighted by atomic mass is 10.0. The molecule has 2 rings (SSSR count). The highest BCUT2D eigenvalue weighted by atomic mass is 16.5. The highest BCUT2D eigenvalue weighted by molar-refractivity contribution is 5.79. The quantitative estimate of drug-likeness (QED) is 0.462. The first-order chi connectivity index (χ1) is 9.74. The monoisotopic (exact) mass is 273 g/mol. The first-order valence-electron chi connectivity index (χ1n) is 7.15. The maximum Gasteiger partial charge on any atom is 0.0705 e. The van der Waals surface area contributed by atoms with Gasteiger partial charge in [-0.25, -0.2) is 0 Å². The number of hydrogen-bond acceptors (Lipinski definition) is 4. The Morgan fingerprint density at radius 2 is 2.15 bits per heavy atom. The molecule has 0 aliphatic rings. The number of pyridine rings is 1. The SMILES string of the molecule is CCOCCCC(NN)c1ccc2nc(C)ccc2c1. The van der Waals surface area contributed by atoms with Crippen molar-refractivity contribution in [3.63, 3.8) is 0 Å². The van der Waals surface area contributed by atoms with E-state index < -0.39 is 0 Å². The lowest BCUT2D eigenvalue weighted by Gasteiger charge is -2.17. The maximum atomic E-state index is 5.68. The van der Waals surface area contributed by atoms with Crippen LogP contribution in [0.5, 0.6) is 0 Å². The van der Waals surface area contributed by atoms with Crippen molar-refractivity contribution in [2.24, 2.45) is 5.84 Å². The average molecular weight is 273 g/mol. The predicted molar refractivity (Wildman–Crippen MR) is 82.3 cm³/mol. The molecule has 0 radical (unpaired) electrons. The van der Waals surface area contributed by atoms with Gasteiger partial charge in [-0.15, -0.1) is 0 Å². The summed E-state index contributed by atoms with van der Waals surface area (Å²) in [5, 5.41) is 1.15. The van der Waals surface area contributed by atoms with E-state index in [0.29, 0.717) is 0 Å². The molecule has 1 unspecified atom stereocenters. The number of aryl methyl sites for hydroxylation is 1. The highest BCUT2D eigenvalue weighted by Crippen LogP contribution is 2.22. The molecule has 1 aromatic carbocycles. The zero-order chi connectivity index (χ0) is 14.4. The third-order valence-electron chi connectivity index (χ3n) is 3.44. The van der Waals surface area contributed by atoms with Crippen molar-refractivity contribution in [1.82, 2.24) is 10.4 Å². The topological polar surface area (TPSA) is 60.2 Å². The van der Waals surface area contributed by atoms with Gasteiger partial charge < -0.3 is 4.74 Å². The van der Waals surface area contributed by atoms with Crippen LogP contribution in [-0.4, -0.2) is 18.2 Å². The molecule has 2 aromatic rings. The van der Waals surface area contributed by atoms with Gasteiger partial charge in [0.05, 0.1) is 5.52 Å². The van der Waals surface area contributed by atoms with Gasteiger partial charge in [0.1, 0.15) is 0 Å². The molecule has 1 aromatic heterocycles. The number of nitrogens with two attached hydrogens (primary N) is 1. The Labute approximate surface area is 120 Å². The first kappa shape index (κ1) is 14.9. The molecule has 0 spiro atoms. The number of fused-ring (bicyclic) bond motifs is 1. The summed E-state index contributed by atoms with van der Waals surface area (Å²) in [6.45, 7) is 5.56. The fourth-order valence-corrected chi connectivity index (χ4v) is 2.34. The molecule has 3 N–H and O–H groups in total. The van der Waals surface area contributed by atoms with E-state index in [2.05, 4.69) is 34.7 Å². The summed E-state index contributed by atoms with van der Waals surface area (Å²) < 4.78 is 5.37. The Hall–Kier alpha value is -1.49. The van der Waals surface area contributed by atoms with Crippen LogP contribution >= 0.6 is 0 Å². The summed E-state index contributed by atoms with van der Waals surface area (Å²) >= 11 is 0. The van der Waals surface area contributed by atoms with E-state index >= 15 is 0 Å². The van der Waals surface area contributed by atoms with Crippen LogP contribution in [0.3, 0.4) is 0 Å². The fourth-order valence-electron chi connectivity index (χ4n) is 2.34. The second-order valence-electron chi connectivity index (χ2n) is 4.96. The van der Waals surface area contributed by atoms with E-state index in [-0.39, 0.29) is 6.04 Å². The van der Waals surface area contributed by atoms with E-state index in [9.17, 15) is 0 Å². The summed E-state index contributed by atoms with van der Waals surface area (Å²) in [5.41, 5.74) is 6.16. The van der Waals surface area contributed by atoms with Crippen LogP contribution in [0.25, 0.3) is 10.9 Å². The van der Waals surface area contributed by atoms with Gasteiger partial charge in [0.15, 0.2) is 0 Å². The van der Waals surface area contributed by atoms with Gasteiger partial charge in [0.25, 0.3) is 0 Å². The highest BCUT2D eigenvalue weighted by Gasteiger charge is 2.10. The van der Waals surface area contributed by atoms with Crippen LogP contribution < -0.4 is 11.3 Å². The molecule has 108 valence electrons. The van der Waals surface area contributed by atoms with Crippen LogP contribution in [0.1, 0.15) is 37.1 Å². The Balaban J connectivity index is 2.11. The van der Waals surface area contributed by atoms with Crippen LogP contribution in [0.15, 0.2) is 30.3 Å². The molecule has 4 heteroatoms. The minimum absolute atomic E-state index is 0.154. The number of nitrogens with zero attached hydrogens (tertiary/aromatic N) is 1. The van der Waals surface area contributed by atoms with Crippen LogP contribution in [0, 0.1) is 6.92 Å². The molecule has 0 amide bonds. The summed E-state index contributed by atoms with van der Waals surface area (Å²) in [7, 11) is 0. The Bertz CT molecular complexity index is 556. The van der Waals surface area contributed by atoms with Crippen molar-refractivity contribution >= 4 is 10.9 Å². The largest absolute Gasteiger partial charge is 0.382 e. The number of ether oxygens (including phenoxy) is 1. The molecule has 20 heavy (non-hydrogen) atoms. The van der Waals surface area contributed by atoms with Gasteiger partial charge in [-0.1, -0.05) is 12.1 Å². The van der Waals surface area contributed by atoms with Crippen molar-refractivity contribution in [2.45, 2.75) is 32.7 Å². The van der Waals surface area contributed by atoms with Gasteiger partial charge in [0.2, 0.25) is 0 Å². The predicted octanol–water partition coefficient (Wildman–Crippen LogP) is 2.86. The number of aromatic nitrogens is 1. The van der Waals surface area contributed by atoms with Crippen molar-refractivity contribution in [3.8, 4) is 0 Å². The third-order valence-corrected chi connectivity index (χ3v) is 3.44. The Morgan fingerprint density at radius 1 is 1.30 bits per heavy atom. The number of hydrogen-bond donors (Lipinski definition) is 2. The van der Waals surface area contributed by atoms with Crippen molar-refractivity contribution in [2.75, 3.05) is 13.2 Å². The first-order valence-corrected chi connectivity index (χ1v) is 7.15. The van der Waals surface area contributed by atoms with Gasteiger partial charge in [-0.05, 0) is 50.5 Å². The van der Waals surface area contributed by atoms with E-state index in [0.717, 1.165) is 42.7 Å². The zero-order valence-corrected chi connectivity index (χ0v) is 12.2. The molecule has 4 nitrogen and oxygen atoms in total. The molecular weight excluding hydrogens is 250 g/mol. The minimum atomic E-state index is 0.154. The minimum Gasteiger partial charge on any atom is -0.382 e. The van der Waals surface area contributed by atoms with Crippen molar-refractivity contribution < 1.29 is 4.74 Å². The number of benzene rings is 1. The van der Waals surface area contributed by atoms with E-state index in [4.69, 9.17) is 10.6 Å². The van der Waals surface area contributed by atoms with Gasteiger partial charge in [0, 0.05) is 30.3 Å². The van der Waals surface area contributed by atoms with Gasteiger partial charge in [-0.2, -0.15) is 0 Å². The number of nitrogens with one attached hydrogen (secondary N) is 1. The Kier molecular flexibility index (Phi) is 5.47. The fraction of sp³-hybridized carbons (Fsp3) is 0.438. The van der Waals surface area contributed by atoms with Crippen molar-refractivity contribution in [3.05, 3.63) is 41.6 Å². The van der Waals surface area contributed by atoms with E-state index in [1.54, 1.807) is 0 Å². The summed E-state index contributed by atoms with van der Waals surface area (Å²) in [4.78, 5) is 4.52. The molecule has 0 aliphatic heterocycles. The normalized spacial score (nSPS) is 12.8. The zero-order valence-electron chi connectivity index (χ0n) is 12.2. The maximum absolute atomic E-state index is 5.68. The summed E-state index contributed by atoms with van der Waals surface area (Å²) in [6.07, 6.45) is 1.95. The second kappa shape index (κ2) is 7.33. The van der Waals surface area contributed by atoms with E-state index in [1.807, 2.05) is 19.9 Å². The standard InChI is InChI=1S/C16H23N3O/c1-3-20-10-4-5-16(19-17)14-8-9-15-13(11-14)7-6-12(2)18-15/h6-9,11,16,19H,3-5,10,17H2,1-2H3. The number of hydrazine groups is 1. The van der Waals surface area contributed by atoms with Crippen LogP contribution in [0.2, 0.25) is 0 Å². The van der Waals surface area contributed by atoms with Gasteiger partial charge >= 0.3 is 0 Å². The molecule has 0 fully saturated rings. The number of rotatable bonds is 7. The third kappa shape index (κ3) is 3.76. The van der Waals surface area contributed by atoms with Crippen molar-refractivity contribution in [1.29, 1.82) is 0 Å². The Morgan fingerprint density at radius 3 is 2.90 bits per heavy atom. The van der Waals surface area contributed by atoms with Gasteiger partial charge in [-0.3, -0.25) is 16.3 Å². The molecule has 0 bridgehead atoms. The lowest BCUT2D eigenvalue weighted by molar-refractivity contribution is 0.141. The molecule has 0 saturated heterocycles. The molecular formula is C16H23N3O. The molecule has 1 heterocycles. The second-order valence-corrected chi connectivity index (χ2v) is 4.96. The molecule has 0 saturated carbocycles. The molecule has 0 aliphatic carbocycles. The summed E-state index contributed by atoms with van der Waals surface area (Å²) in [5.74, 6) is 5.68. The molecule has 1 atom stereocenters. The van der Waals surface area contributed by atoms with Crippen LogP contribution in [0.4, 0.5) is 0 Å². The van der Waals surface area contributed by atoms with E-state index in [1.165, 1.54) is 5.56 Å². The smallest absolute Gasteiger partial charge is 0.0705 e. The lowest BCUT2D eigenvalue weighted by Crippen LogP contribution is -2.28. The summed E-state index contributed by atoms with van der Waals surface area (Å²) in [6, 6.07) is 10.6. The average Bonchev–Trinajstić information content (AvgIpc) is 2.47.